The van der Waals surface area contributed by atoms with Gasteiger partial charge in [-0.05, 0) is 25.1 Å². The van der Waals surface area contributed by atoms with E-state index in [1.807, 2.05) is 31.2 Å². The van der Waals surface area contributed by atoms with Crippen LogP contribution in [-0.2, 0) is 11.3 Å². The van der Waals surface area contributed by atoms with Crippen molar-refractivity contribution in [3.05, 3.63) is 36.4 Å². The average molecular weight is 303 g/mol. The molecule has 6 heteroatoms. The summed E-state index contributed by atoms with van der Waals surface area (Å²) in [7, 11) is 0. The fourth-order valence-corrected chi connectivity index (χ4v) is 2.35. The molecule has 0 aliphatic heterocycles. The monoisotopic (exact) mass is 303 g/mol. The molecule has 0 saturated heterocycles. The fourth-order valence-electron chi connectivity index (χ4n) is 2.35. The lowest BCUT2D eigenvalue weighted by molar-refractivity contribution is -0.114. The standard InChI is InChI=1S/C16H21N3O3/c1-3-18(9-10-19-15(21)7-8-16(19)22)14-6-4-5-13(11-14)17-12(2)20/h4-8,11,21-22H,3,9-10H2,1-2H3,(H,17,20). The van der Waals surface area contributed by atoms with Crippen LogP contribution >= 0.6 is 0 Å². The van der Waals surface area contributed by atoms with E-state index >= 15 is 0 Å². The number of amides is 1. The molecule has 3 N–H and O–H groups in total. The molecule has 0 aliphatic rings. The van der Waals surface area contributed by atoms with Crippen molar-refractivity contribution < 1.29 is 15.0 Å². The van der Waals surface area contributed by atoms with E-state index in [2.05, 4.69) is 10.2 Å². The summed E-state index contributed by atoms with van der Waals surface area (Å²) >= 11 is 0. The van der Waals surface area contributed by atoms with Crippen molar-refractivity contribution in [2.24, 2.45) is 0 Å². The zero-order valence-electron chi connectivity index (χ0n) is 12.8. The van der Waals surface area contributed by atoms with E-state index in [1.165, 1.54) is 23.6 Å². The molecule has 0 unspecified atom stereocenters. The predicted octanol–water partition coefficient (Wildman–Crippen LogP) is 2.38. The molecule has 2 aromatic rings. The van der Waals surface area contributed by atoms with E-state index in [1.54, 1.807) is 0 Å². The summed E-state index contributed by atoms with van der Waals surface area (Å²) in [4.78, 5) is 13.2. The number of nitrogens with zero attached hydrogens (tertiary/aromatic N) is 2. The fraction of sp³-hybridized carbons (Fsp3) is 0.312. The highest BCUT2D eigenvalue weighted by molar-refractivity contribution is 5.89. The van der Waals surface area contributed by atoms with E-state index in [0.717, 1.165) is 17.9 Å². The highest BCUT2D eigenvalue weighted by Crippen LogP contribution is 2.23. The van der Waals surface area contributed by atoms with Crippen LogP contribution in [0.3, 0.4) is 0 Å². The molecule has 0 bridgehead atoms. The Bertz CT molecular complexity index is 632. The first-order chi connectivity index (χ1) is 10.5. The third-order valence-electron chi connectivity index (χ3n) is 3.44. The molecular weight excluding hydrogens is 282 g/mol. The van der Waals surface area contributed by atoms with Crippen LogP contribution in [0.1, 0.15) is 13.8 Å². The molecule has 1 aromatic carbocycles. The minimum absolute atomic E-state index is 0.0422. The van der Waals surface area contributed by atoms with Crippen molar-refractivity contribution in [1.82, 2.24) is 4.57 Å². The lowest BCUT2D eigenvalue weighted by Gasteiger charge is -2.24. The third kappa shape index (κ3) is 3.72. The second kappa shape index (κ2) is 6.89. The molecule has 0 radical (unpaired) electrons. The molecule has 0 fully saturated rings. The van der Waals surface area contributed by atoms with Crippen molar-refractivity contribution in [2.75, 3.05) is 23.3 Å². The van der Waals surface area contributed by atoms with Crippen molar-refractivity contribution in [1.29, 1.82) is 0 Å². The quantitative estimate of drug-likeness (QED) is 0.765. The van der Waals surface area contributed by atoms with E-state index in [4.69, 9.17) is 0 Å². The van der Waals surface area contributed by atoms with E-state index in [-0.39, 0.29) is 17.7 Å². The lowest BCUT2D eigenvalue weighted by atomic mass is 10.2. The number of anilines is 2. The molecule has 6 nitrogen and oxygen atoms in total. The van der Waals surface area contributed by atoms with Crippen LogP contribution < -0.4 is 10.2 Å². The van der Waals surface area contributed by atoms with Gasteiger partial charge in [0.05, 0.1) is 0 Å². The van der Waals surface area contributed by atoms with Gasteiger partial charge in [0.25, 0.3) is 0 Å². The number of aromatic nitrogens is 1. The van der Waals surface area contributed by atoms with Crippen LogP contribution in [0, 0.1) is 0 Å². The maximum Gasteiger partial charge on any atom is 0.221 e. The van der Waals surface area contributed by atoms with E-state index < -0.39 is 0 Å². The summed E-state index contributed by atoms with van der Waals surface area (Å²) in [5, 5.41) is 22.1. The molecule has 118 valence electrons. The number of aromatic hydroxyl groups is 2. The minimum atomic E-state index is -0.109. The highest BCUT2D eigenvalue weighted by Gasteiger charge is 2.09. The molecule has 2 rings (SSSR count). The maximum atomic E-state index is 11.1. The van der Waals surface area contributed by atoms with Crippen LogP contribution in [0.25, 0.3) is 0 Å². The van der Waals surface area contributed by atoms with E-state index in [9.17, 15) is 15.0 Å². The van der Waals surface area contributed by atoms with Crippen molar-refractivity contribution in [3.8, 4) is 11.8 Å². The summed E-state index contributed by atoms with van der Waals surface area (Å²) < 4.78 is 1.44. The number of nitrogens with one attached hydrogen (secondary N) is 1. The van der Waals surface area contributed by atoms with Crippen LogP contribution in [0.15, 0.2) is 36.4 Å². The molecule has 1 aromatic heterocycles. The Kier molecular flexibility index (Phi) is 4.93. The van der Waals surface area contributed by atoms with Crippen molar-refractivity contribution >= 4 is 17.3 Å². The number of carbonyl (C=O) groups is 1. The van der Waals surface area contributed by atoms with Crippen molar-refractivity contribution in [3.63, 3.8) is 0 Å². The third-order valence-corrected chi connectivity index (χ3v) is 3.44. The number of likely N-dealkylation sites (N-methyl/N-ethyl adjacent to an activating group) is 1. The van der Waals surface area contributed by atoms with Crippen molar-refractivity contribution in [2.45, 2.75) is 20.4 Å². The first kappa shape index (κ1) is 15.8. The Labute approximate surface area is 129 Å². The molecule has 0 saturated carbocycles. The summed E-state index contributed by atoms with van der Waals surface area (Å²) in [5.41, 5.74) is 1.72. The smallest absolute Gasteiger partial charge is 0.221 e. The SMILES string of the molecule is CCN(CCn1c(O)ccc1O)c1cccc(NC(C)=O)c1. The molecule has 0 aliphatic carbocycles. The molecule has 1 heterocycles. The Morgan fingerprint density at radius 2 is 1.91 bits per heavy atom. The first-order valence-electron chi connectivity index (χ1n) is 7.21. The second-order valence-electron chi connectivity index (χ2n) is 5.01. The van der Waals surface area contributed by atoms with Crippen LogP contribution in [0.5, 0.6) is 11.8 Å². The molecule has 1 amide bonds. The van der Waals surface area contributed by atoms with Gasteiger partial charge in [0.15, 0.2) is 11.8 Å². The molecule has 22 heavy (non-hydrogen) atoms. The van der Waals surface area contributed by atoms with Gasteiger partial charge in [-0.1, -0.05) is 6.07 Å². The van der Waals surface area contributed by atoms with Gasteiger partial charge in [-0.2, -0.15) is 0 Å². The van der Waals surface area contributed by atoms with Gasteiger partial charge in [-0.15, -0.1) is 0 Å². The minimum Gasteiger partial charge on any atom is -0.494 e. The number of hydrogen-bond donors (Lipinski definition) is 3. The number of carbonyl (C=O) groups excluding carboxylic acids is 1. The normalized spacial score (nSPS) is 10.5. The Morgan fingerprint density at radius 1 is 1.23 bits per heavy atom. The molecule has 0 spiro atoms. The van der Waals surface area contributed by atoms with E-state index in [0.29, 0.717) is 13.1 Å². The number of benzene rings is 1. The molecular formula is C16H21N3O3. The first-order valence-corrected chi connectivity index (χ1v) is 7.21. The second-order valence-corrected chi connectivity index (χ2v) is 5.01. The van der Waals surface area contributed by atoms with Gasteiger partial charge < -0.3 is 20.4 Å². The van der Waals surface area contributed by atoms with Gasteiger partial charge in [-0.25, -0.2) is 0 Å². The van der Waals surface area contributed by atoms with Crippen LogP contribution in [0.2, 0.25) is 0 Å². The maximum absolute atomic E-state index is 11.1. The number of rotatable bonds is 6. The summed E-state index contributed by atoms with van der Waals surface area (Å²) in [5.74, 6) is -0.0246. The molecule has 0 atom stereocenters. The zero-order valence-corrected chi connectivity index (χ0v) is 12.8. The highest BCUT2D eigenvalue weighted by atomic mass is 16.3. The summed E-state index contributed by atoms with van der Waals surface area (Å²) in [6, 6.07) is 10.5. The Morgan fingerprint density at radius 3 is 2.50 bits per heavy atom. The summed E-state index contributed by atoms with van der Waals surface area (Å²) in [6.45, 7) is 5.35. The average Bonchev–Trinajstić information content (AvgIpc) is 2.79. The Hall–Kier alpha value is -2.63. The van der Waals surface area contributed by atoms with Gasteiger partial charge in [0.1, 0.15) is 0 Å². The van der Waals surface area contributed by atoms with Gasteiger partial charge in [-0.3, -0.25) is 9.36 Å². The van der Waals surface area contributed by atoms with Crippen LogP contribution in [-0.4, -0.2) is 33.8 Å². The summed E-state index contributed by atoms with van der Waals surface area (Å²) in [6.07, 6.45) is 0. The zero-order chi connectivity index (χ0) is 16.1. The van der Waals surface area contributed by atoms with Crippen LogP contribution in [0.4, 0.5) is 11.4 Å². The number of hydrogen-bond acceptors (Lipinski definition) is 4. The van der Waals surface area contributed by atoms with Gasteiger partial charge in [0.2, 0.25) is 5.91 Å². The topological polar surface area (TPSA) is 77.7 Å². The largest absolute Gasteiger partial charge is 0.494 e. The van der Waals surface area contributed by atoms with Gasteiger partial charge in [0, 0.05) is 50.1 Å². The van der Waals surface area contributed by atoms with Gasteiger partial charge >= 0.3 is 0 Å². The lowest BCUT2D eigenvalue weighted by Crippen LogP contribution is -2.27. The predicted molar refractivity (Wildman–Crippen MR) is 86.4 cm³/mol. The Balaban J connectivity index is 2.09.